The molecule has 1 spiro atoms. The molecule has 146 valence electrons. The van der Waals surface area contributed by atoms with E-state index in [0.29, 0.717) is 18.8 Å². The summed E-state index contributed by atoms with van der Waals surface area (Å²) < 4.78 is 6.75. The summed E-state index contributed by atoms with van der Waals surface area (Å²) in [4.78, 5) is 0. The van der Waals surface area contributed by atoms with Crippen LogP contribution in [0.4, 0.5) is 0 Å². The van der Waals surface area contributed by atoms with Gasteiger partial charge in [-0.2, -0.15) is 0 Å². The summed E-state index contributed by atoms with van der Waals surface area (Å²) >= 11 is 0. The third kappa shape index (κ3) is 2.53. The molecule has 0 radical (unpaired) electrons. The molecule has 1 heterocycles. The minimum Gasteiger partial charge on any atom is -0.396 e. The number of rotatable bonds is 4. The molecule has 0 unspecified atom stereocenters. The Bertz CT molecular complexity index is 498. The van der Waals surface area contributed by atoms with E-state index >= 15 is 0 Å². The van der Waals surface area contributed by atoms with Crippen LogP contribution in [0.1, 0.15) is 65.7 Å². The van der Waals surface area contributed by atoms with Gasteiger partial charge in [0.1, 0.15) is 0 Å². The summed E-state index contributed by atoms with van der Waals surface area (Å²) in [5, 5.41) is 40.2. The van der Waals surface area contributed by atoms with Crippen LogP contribution in [-0.4, -0.2) is 57.6 Å². The van der Waals surface area contributed by atoms with Crippen LogP contribution < -0.4 is 0 Å². The van der Waals surface area contributed by atoms with Crippen molar-refractivity contribution in [1.82, 2.24) is 0 Å². The van der Waals surface area contributed by atoms with Crippen molar-refractivity contribution in [3.63, 3.8) is 0 Å². The highest BCUT2D eigenvalue weighted by Crippen LogP contribution is 2.67. The molecule has 5 heteroatoms. The first-order chi connectivity index (χ1) is 11.7. The Morgan fingerprint density at radius 3 is 2.28 bits per heavy atom. The molecule has 0 aromatic heterocycles. The van der Waals surface area contributed by atoms with Gasteiger partial charge in [-0.05, 0) is 50.4 Å². The molecule has 4 N–H and O–H groups in total. The predicted molar refractivity (Wildman–Crippen MR) is 95.0 cm³/mol. The van der Waals surface area contributed by atoms with Crippen LogP contribution in [0, 0.1) is 22.7 Å². The molecule has 25 heavy (non-hydrogen) atoms. The second-order valence-electron chi connectivity index (χ2n) is 9.47. The number of ether oxygens (including phenoxy) is 1. The smallest absolute Gasteiger partial charge is 0.0942 e. The van der Waals surface area contributed by atoms with Gasteiger partial charge in [0, 0.05) is 23.9 Å². The molecule has 2 saturated carbocycles. The highest BCUT2D eigenvalue weighted by molar-refractivity contribution is 5.17. The number of aliphatic hydroxyl groups excluding tert-OH is 4. The maximum Gasteiger partial charge on any atom is 0.0942 e. The van der Waals surface area contributed by atoms with Crippen molar-refractivity contribution in [2.45, 2.75) is 83.0 Å². The Labute approximate surface area is 151 Å². The molecule has 1 aliphatic heterocycles. The molecule has 3 fully saturated rings. The summed E-state index contributed by atoms with van der Waals surface area (Å²) in [6.45, 7) is 6.47. The minimum absolute atomic E-state index is 0.0121. The summed E-state index contributed by atoms with van der Waals surface area (Å²) in [6.07, 6.45) is 5.15. The quantitative estimate of drug-likeness (QED) is 0.617. The fourth-order valence-electron chi connectivity index (χ4n) is 6.70. The van der Waals surface area contributed by atoms with E-state index in [1.807, 2.05) is 6.92 Å². The first kappa shape index (κ1) is 19.6. The van der Waals surface area contributed by atoms with Gasteiger partial charge in [0.05, 0.1) is 30.5 Å². The third-order valence-corrected chi connectivity index (χ3v) is 8.46. The Morgan fingerprint density at radius 2 is 1.68 bits per heavy atom. The van der Waals surface area contributed by atoms with Crippen LogP contribution in [0.3, 0.4) is 0 Å². The van der Waals surface area contributed by atoms with E-state index in [2.05, 4.69) is 13.8 Å². The summed E-state index contributed by atoms with van der Waals surface area (Å²) in [5.41, 5.74) is -1.66. The van der Waals surface area contributed by atoms with Gasteiger partial charge >= 0.3 is 0 Å². The van der Waals surface area contributed by atoms with Gasteiger partial charge in [-0.25, -0.2) is 0 Å². The van der Waals surface area contributed by atoms with Crippen molar-refractivity contribution in [2.75, 3.05) is 19.8 Å². The van der Waals surface area contributed by atoms with Crippen LogP contribution in [0.5, 0.6) is 0 Å². The molecule has 5 nitrogen and oxygen atoms in total. The number of hydrogen-bond donors (Lipinski definition) is 4. The van der Waals surface area contributed by atoms with Gasteiger partial charge in [0.2, 0.25) is 0 Å². The number of fused-ring (bicyclic) bond motifs is 2. The van der Waals surface area contributed by atoms with Crippen molar-refractivity contribution in [3.8, 4) is 0 Å². The van der Waals surface area contributed by atoms with Crippen LogP contribution in [-0.2, 0) is 4.74 Å². The van der Waals surface area contributed by atoms with Crippen LogP contribution in [0.25, 0.3) is 0 Å². The topological polar surface area (TPSA) is 90.2 Å². The van der Waals surface area contributed by atoms with Crippen molar-refractivity contribution < 1.29 is 25.2 Å². The Morgan fingerprint density at radius 1 is 0.960 bits per heavy atom. The average Bonchev–Trinajstić information content (AvgIpc) is 2.99. The largest absolute Gasteiger partial charge is 0.396 e. The van der Waals surface area contributed by atoms with Crippen LogP contribution >= 0.6 is 0 Å². The fraction of sp³-hybridized carbons (Fsp3) is 1.00. The Hall–Kier alpha value is -0.200. The molecule has 3 aliphatic rings. The molecule has 0 aromatic carbocycles. The molecular weight excluding hydrogens is 320 g/mol. The number of aliphatic hydroxyl groups is 4. The lowest BCUT2D eigenvalue weighted by Gasteiger charge is -2.65. The molecule has 1 saturated heterocycles. The first-order valence-corrected chi connectivity index (χ1v) is 9.94. The normalized spacial score (nSPS) is 53.2. The lowest BCUT2D eigenvalue weighted by molar-refractivity contribution is -0.272. The Balaban J connectivity index is 2.02. The zero-order valence-electron chi connectivity index (χ0n) is 16.0. The highest BCUT2D eigenvalue weighted by atomic mass is 16.5. The van der Waals surface area contributed by atoms with Gasteiger partial charge < -0.3 is 25.2 Å². The maximum atomic E-state index is 10.6. The molecule has 0 bridgehead atoms. The molecular formula is C20H36O5. The average molecular weight is 357 g/mol. The van der Waals surface area contributed by atoms with Crippen molar-refractivity contribution in [3.05, 3.63) is 0 Å². The van der Waals surface area contributed by atoms with E-state index in [9.17, 15) is 20.4 Å². The molecule has 7 atom stereocenters. The highest BCUT2D eigenvalue weighted by Gasteiger charge is 2.68. The molecule has 2 aliphatic carbocycles. The lowest BCUT2D eigenvalue weighted by Crippen LogP contribution is -2.66. The zero-order valence-corrected chi connectivity index (χ0v) is 16.0. The predicted octanol–water partition coefficient (Wildman–Crippen LogP) is 1.85. The van der Waals surface area contributed by atoms with Crippen molar-refractivity contribution in [1.29, 1.82) is 0 Å². The van der Waals surface area contributed by atoms with E-state index in [1.54, 1.807) is 0 Å². The van der Waals surface area contributed by atoms with Gasteiger partial charge in [0.15, 0.2) is 0 Å². The van der Waals surface area contributed by atoms with Gasteiger partial charge in [-0.15, -0.1) is 0 Å². The van der Waals surface area contributed by atoms with Crippen LogP contribution in [0.15, 0.2) is 0 Å². The maximum absolute atomic E-state index is 10.6. The van der Waals surface area contributed by atoms with E-state index in [-0.39, 0.29) is 36.8 Å². The summed E-state index contributed by atoms with van der Waals surface area (Å²) in [5.74, 6) is 0.549. The van der Waals surface area contributed by atoms with Crippen molar-refractivity contribution in [2.24, 2.45) is 22.7 Å². The van der Waals surface area contributed by atoms with E-state index in [4.69, 9.17) is 4.74 Å². The van der Waals surface area contributed by atoms with Crippen LogP contribution in [0.2, 0.25) is 0 Å². The summed E-state index contributed by atoms with van der Waals surface area (Å²) in [6, 6.07) is 0. The number of hydrogen-bond acceptors (Lipinski definition) is 5. The van der Waals surface area contributed by atoms with Gasteiger partial charge in [0.25, 0.3) is 0 Å². The fourth-order valence-corrected chi connectivity index (χ4v) is 6.70. The molecule has 0 amide bonds. The monoisotopic (exact) mass is 356 g/mol. The van der Waals surface area contributed by atoms with E-state index < -0.39 is 17.1 Å². The molecule has 3 rings (SSSR count). The first-order valence-electron chi connectivity index (χ1n) is 9.94. The summed E-state index contributed by atoms with van der Waals surface area (Å²) in [7, 11) is 0. The van der Waals surface area contributed by atoms with E-state index in [1.165, 1.54) is 0 Å². The van der Waals surface area contributed by atoms with Gasteiger partial charge in [-0.3, -0.25) is 0 Å². The second kappa shape index (κ2) is 6.45. The third-order valence-electron chi connectivity index (χ3n) is 8.46. The lowest BCUT2D eigenvalue weighted by atomic mass is 9.43. The SMILES string of the molecule is C[C@@H]1CC[C@@H]2[C@](C)(CO)[C@@H](O)CC[C@]2(C)[C@@]12CC[C@@](CO)(CCO)O2. The standard InChI is InChI=1S/C20H36O5/c1-14-4-5-15-17(2,12-22)16(24)6-7-18(15,3)20(14)9-8-19(13-23,25-20)10-11-21/h14-16,21-24H,4-13H2,1-3H3/t14-,15-,16+,17+,18+,19+,20-/m1/s1. The van der Waals surface area contributed by atoms with Gasteiger partial charge in [-0.1, -0.05) is 20.8 Å². The molecule has 0 aromatic rings. The Kier molecular flexibility index (Phi) is 5.05. The second-order valence-corrected chi connectivity index (χ2v) is 9.47. The van der Waals surface area contributed by atoms with E-state index in [0.717, 1.165) is 32.1 Å². The van der Waals surface area contributed by atoms with Crippen molar-refractivity contribution >= 4 is 0 Å². The minimum atomic E-state index is -0.653. The zero-order chi connectivity index (χ0) is 18.5.